The molecule has 0 bridgehead atoms. The van der Waals surface area contributed by atoms with Crippen LogP contribution in [-0.4, -0.2) is 16.0 Å². The van der Waals surface area contributed by atoms with Crippen molar-refractivity contribution in [1.82, 2.24) is 15.3 Å². The molecule has 3 N–H and O–H groups in total. The Bertz CT molecular complexity index is 344. The predicted octanol–water partition coefficient (Wildman–Crippen LogP) is 1.43. The smallest absolute Gasteiger partial charge is 0.131 e. The molecule has 0 radical (unpaired) electrons. The number of nitrogens with two attached hydrogens (primary N) is 1. The number of anilines is 1. The summed E-state index contributed by atoms with van der Waals surface area (Å²) in [5.41, 5.74) is 7.45. The molecule has 0 spiro atoms. The molecular weight excluding hydrogens is 188 g/mol. The number of nitrogens with one attached hydrogen (secondary N) is 1. The molecule has 1 aliphatic carbocycles. The summed E-state index contributed by atoms with van der Waals surface area (Å²) in [6, 6.07) is 0.682. The van der Waals surface area contributed by atoms with Gasteiger partial charge in [0, 0.05) is 18.5 Å². The molecule has 4 heteroatoms. The van der Waals surface area contributed by atoms with Gasteiger partial charge in [0.2, 0.25) is 0 Å². The molecule has 1 heterocycles. The van der Waals surface area contributed by atoms with E-state index in [2.05, 4.69) is 29.1 Å². The fourth-order valence-corrected chi connectivity index (χ4v) is 1.39. The summed E-state index contributed by atoms with van der Waals surface area (Å²) in [5.74, 6) is 1.22. The maximum atomic E-state index is 5.83. The van der Waals surface area contributed by atoms with Crippen LogP contribution in [0, 0.1) is 0 Å². The highest BCUT2D eigenvalue weighted by Crippen LogP contribution is 2.20. The molecule has 0 unspecified atom stereocenters. The highest BCUT2D eigenvalue weighted by molar-refractivity contribution is 5.40. The zero-order chi connectivity index (χ0) is 10.8. The van der Waals surface area contributed by atoms with Gasteiger partial charge in [-0.15, -0.1) is 0 Å². The number of aromatic nitrogens is 2. The van der Waals surface area contributed by atoms with Crippen molar-refractivity contribution in [3.05, 3.63) is 17.7 Å². The number of hydrogen-bond donors (Lipinski definition) is 2. The van der Waals surface area contributed by atoms with Gasteiger partial charge < -0.3 is 11.1 Å². The van der Waals surface area contributed by atoms with Gasteiger partial charge in [-0.05, 0) is 12.8 Å². The first-order valence-corrected chi connectivity index (χ1v) is 5.51. The normalized spacial score (nSPS) is 15.9. The van der Waals surface area contributed by atoms with E-state index in [9.17, 15) is 0 Å². The quantitative estimate of drug-likeness (QED) is 0.782. The first-order valence-electron chi connectivity index (χ1n) is 5.51. The van der Waals surface area contributed by atoms with Gasteiger partial charge in [0.25, 0.3) is 0 Å². The van der Waals surface area contributed by atoms with Gasteiger partial charge in [-0.2, -0.15) is 0 Å². The number of nitrogens with zero attached hydrogens (tertiary/aromatic N) is 2. The molecule has 0 atom stereocenters. The van der Waals surface area contributed by atoms with Gasteiger partial charge in [-0.3, -0.25) is 0 Å². The molecule has 15 heavy (non-hydrogen) atoms. The lowest BCUT2D eigenvalue weighted by atomic mass is 10.2. The first-order chi connectivity index (χ1) is 7.16. The van der Waals surface area contributed by atoms with E-state index in [0.29, 0.717) is 17.6 Å². The molecule has 1 aliphatic rings. The molecule has 82 valence electrons. The van der Waals surface area contributed by atoms with Crippen LogP contribution in [-0.2, 0) is 6.54 Å². The minimum absolute atomic E-state index is 0.352. The zero-order valence-electron chi connectivity index (χ0n) is 9.33. The molecule has 0 aliphatic heterocycles. The summed E-state index contributed by atoms with van der Waals surface area (Å²) in [7, 11) is 0. The van der Waals surface area contributed by atoms with E-state index in [0.717, 1.165) is 18.1 Å². The zero-order valence-corrected chi connectivity index (χ0v) is 9.33. The van der Waals surface area contributed by atoms with Crippen LogP contribution in [0.15, 0.2) is 6.20 Å². The lowest BCUT2D eigenvalue weighted by Gasteiger charge is -2.09. The van der Waals surface area contributed by atoms with Crippen molar-refractivity contribution in [3.8, 4) is 0 Å². The summed E-state index contributed by atoms with van der Waals surface area (Å²) < 4.78 is 0. The monoisotopic (exact) mass is 206 g/mol. The van der Waals surface area contributed by atoms with Crippen LogP contribution >= 0.6 is 0 Å². The van der Waals surface area contributed by atoms with Gasteiger partial charge in [0.05, 0.1) is 17.6 Å². The standard InChI is InChI=1S/C11H18N4/c1-7(2)11-14-5-9(12)10(15-11)6-13-8-3-4-8/h5,7-8,13H,3-4,6,12H2,1-2H3. The van der Waals surface area contributed by atoms with Crippen molar-refractivity contribution in [2.75, 3.05) is 5.73 Å². The second-order valence-electron chi connectivity index (χ2n) is 4.44. The summed E-state index contributed by atoms with van der Waals surface area (Å²) >= 11 is 0. The maximum Gasteiger partial charge on any atom is 0.131 e. The highest BCUT2D eigenvalue weighted by atomic mass is 15.0. The topological polar surface area (TPSA) is 63.8 Å². The third-order valence-corrected chi connectivity index (χ3v) is 2.57. The van der Waals surface area contributed by atoms with E-state index in [-0.39, 0.29) is 0 Å². The fraction of sp³-hybridized carbons (Fsp3) is 0.636. The van der Waals surface area contributed by atoms with Crippen LogP contribution in [0.2, 0.25) is 0 Å². The molecule has 1 aromatic rings. The van der Waals surface area contributed by atoms with E-state index < -0.39 is 0 Å². The summed E-state index contributed by atoms with van der Waals surface area (Å²) in [4.78, 5) is 8.69. The van der Waals surface area contributed by atoms with Crippen molar-refractivity contribution in [2.24, 2.45) is 0 Å². The Morgan fingerprint density at radius 2 is 2.27 bits per heavy atom. The van der Waals surface area contributed by atoms with Crippen molar-refractivity contribution in [1.29, 1.82) is 0 Å². The van der Waals surface area contributed by atoms with E-state index in [1.165, 1.54) is 12.8 Å². The van der Waals surface area contributed by atoms with E-state index in [4.69, 9.17) is 5.73 Å². The number of rotatable bonds is 4. The molecule has 1 aromatic heterocycles. The SMILES string of the molecule is CC(C)c1ncc(N)c(CNC2CC2)n1. The number of nitrogen functional groups attached to an aromatic ring is 1. The Kier molecular flexibility index (Phi) is 2.86. The minimum Gasteiger partial charge on any atom is -0.396 e. The Morgan fingerprint density at radius 3 is 2.87 bits per heavy atom. The molecular formula is C11H18N4. The molecule has 4 nitrogen and oxygen atoms in total. The highest BCUT2D eigenvalue weighted by Gasteiger charge is 2.20. The third-order valence-electron chi connectivity index (χ3n) is 2.57. The van der Waals surface area contributed by atoms with E-state index in [1.54, 1.807) is 6.20 Å². The van der Waals surface area contributed by atoms with Crippen LogP contribution in [0.4, 0.5) is 5.69 Å². The van der Waals surface area contributed by atoms with Gasteiger partial charge in [-0.25, -0.2) is 9.97 Å². The van der Waals surface area contributed by atoms with Gasteiger partial charge >= 0.3 is 0 Å². The third kappa shape index (κ3) is 2.65. The largest absolute Gasteiger partial charge is 0.396 e. The molecule has 0 aromatic carbocycles. The lowest BCUT2D eigenvalue weighted by molar-refractivity contribution is 0.662. The van der Waals surface area contributed by atoms with Gasteiger partial charge in [0.15, 0.2) is 0 Å². The molecule has 0 amide bonds. The predicted molar refractivity (Wildman–Crippen MR) is 60.4 cm³/mol. The van der Waals surface area contributed by atoms with E-state index >= 15 is 0 Å². The Morgan fingerprint density at radius 1 is 1.53 bits per heavy atom. The average Bonchev–Trinajstić information content (AvgIpc) is 3.00. The Hall–Kier alpha value is -1.16. The second kappa shape index (κ2) is 4.14. The average molecular weight is 206 g/mol. The van der Waals surface area contributed by atoms with E-state index in [1.807, 2.05) is 0 Å². The van der Waals surface area contributed by atoms with Crippen LogP contribution in [0.1, 0.15) is 44.1 Å². The molecule has 1 saturated carbocycles. The minimum atomic E-state index is 0.352. The number of hydrogen-bond acceptors (Lipinski definition) is 4. The fourth-order valence-electron chi connectivity index (χ4n) is 1.39. The van der Waals surface area contributed by atoms with Gasteiger partial charge in [0.1, 0.15) is 5.82 Å². The summed E-state index contributed by atoms with van der Waals surface area (Å²) in [6.45, 7) is 4.94. The van der Waals surface area contributed by atoms with Crippen LogP contribution in [0.25, 0.3) is 0 Å². The Balaban J connectivity index is 2.08. The van der Waals surface area contributed by atoms with Crippen LogP contribution in [0.5, 0.6) is 0 Å². The molecule has 2 rings (SSSR count). The van der Waals surface area contributed by atoms with Crippen LogP contribution in [0.3, 0.4) is 0 Å². The Labute approximate surface area is 90.3 Å². The molecule has 1 fully saturated rings. The second-order valence-corrected chi connectivity index (χ2v) is 4.44. The van der Waals surface area contributed by atoms with Crippen molar-refractivity contribution in [3.63, 3.8) is 0 Å². The lowest BCUT2D eigenvalue weighted by Crippen LogP contribution is -2.18. The van der Waals surface area contributed by atoms with Crippen LogP contribution < -0.4 is 11.1 Å². The summed E-state index contributed by atoms with van der Waals surface area (Å²) in [5, 5.41) is 3.41. The van der Waals surface area contributed by atoms with Crippen molar-refractivity contribution >= 4 is 5.69 Å². The molecule has 0 saturated heterocycles. The maximum absolute atomic E-state index is 5.83. The first kappa shape index (κ1) is 10.4. The van der Waals surface area contributed by atoms with Gasteiger partial charge in [-0.1, -0.05) is 13.8 Å². The van der Waals surface area contributed by atoms with Crippen molar-refractivity contribution < 1.29 is 0 Å². The summed E-state index contributed by atoms with van der Waals surface area (Å²) in [6.07, 6.45) is 4.27. The van der Waals surface area contributed by atoms with Crippen molar-refractivity contribution in [2.45, 2.75) is 45.2 Å².